The summed E-state index contributed by atoms with van der Waals surface area (Å²) in [7, 11) is 1.69. The first-order valence-electron chi connectivity index (χ1n) is 9.01. The molecular formula is C21H23BrN2O2. The van der Waals surface area contributed by atoms with Crippen molar-refractivity contribution in [3.63, 3.8) is 0 Å². The fourth-order valence-electron chi connectivity index (χ4n) is 3.65. The van der Waals surface area contributed by atoms with Gasteiger partial charge in [-0.3, -0.25) is 5.01 Å². The van der Waals surface area contributed by atoms with E-state index in [4.69, 9.17) is 14.6 Å². The molecule has 4 rings (SSSR count). The molecule has 0 aliphatic carbocycles. The predicted octanol–water partition coefficient (Wildman–Crippen LogP) is 5.37. The van der Waals surface area contributed by atoms with Crippen LogP contribution >= 0.6 is 15.9 Å². The van der Waals surface area contributed by atoms with Crippen LogP contribution in [-0.2, 0) is 0 Å². The predicted molar refractivity (Wildman–Crippen MR) is 107 cm³/mol. The maximum absolute atomic E-state index is 6.31. The normalized spacial score (nSPS) is 21.1. The van der Waals surface area contributed by atoms with Crippen molar-refractivity contribution in [2.24, 2.45) is 11.0 Å². The van der Waals surface area contributed by atoms with Gasteiger partial charge >= 0.3 is 0 Å². The smallest absolute Gasteiger partial charge is 0.188 e. The second kappa shape index (κ2) is 6.95. The first-order chi connectivity index (χ1) is 12.5. The number of benzene rings is 2. The molecule has 0 radical (unpaired) electrons. The van der Waals surface area contributed by atoms with Crippen LogP contribution in [0.25, 0.3) is 0 Å². The van der Waals surface area contributed by atoms with Gasteiger partial charge in [-0.25, -0.2) is 0 Å². The number of methoxy groups -OCH3 is 1. The Labute approximate surface area is 162 Å². The molecule has 2 aromatic carbocycles. The molecule has 0 spiro atoms. The Hall–Kier alpha value is -2.01. The summed E-state index contributed by atoms with van der Waals surface area (Å²) in [5, 5.41) is 7.13. The number of hydrogen-bond acceptors (Lipinski definition) is 4. The third kappa shape index (κ3) is 3.20. The van der Waals surface area contributed by atoms with Crippen molar-refractivity contribution < 1.29 is 9.47 Å². The molecule has 0 saturated heterocycles. The number of halogens is 1. The van der Waals surface area contributed by atoms with Crippen LogP contribution in [0.2, 0.25) is 0 Å². The van der Waals surface area contributed by atoms with Crippen molar-refractivity contribution in [1.82, 2.24) is 5.01 Å². The number of rotatable bonds is 4. The van der Waals surface area contributed by atoms with Crippen molar-refractivity contribution in [3.8, 4) is 11.5 Å². The Morgan fingerprint density at radius 2 is 2.00 bits per heavy atom. The third-order valence-corrected chi connectivity index (χ3v) is 5.42. The summed E-state index contributed by atoms with van der Waals surface area (Å²) in [5.74, 6) is 2.38. The standard InChI is InChI=1S/C21H23BrN2O2/c1-13(2)10-21-24-19(17-11-15(22)6-9-20(17)26-21)12-18(23-24)14-4-7-16(25-3)8-5-14/h4-9,11,13,19,21H,10,12H2,1-3H3. The van der Waals surface area contributed by atoms with Gasteiger partial charge in [-0.15, -0.1) is 0 Å². The summed E-state index contributed by atoms with van der Waals surface area (Å²) in [6.07, 6.45) is 1.81. The highest BCUT2D eigenvalue weighted by molar-refractivity contribution is 9.10. The minimum Gasteiger partial charge on any atom is -0.497 e. The second-order valence-electron chi connectivity index (χ2n) is 7.26. The molecule has 0 N–H and O–H groups in total. The zero-order chi connectivity index (χ0) is 18.3. The average Bonchev–Trinajstić information content (AvgIpc) is 3.08. The summed E-state index contributed by atoms with van der Waals surface area (Å²) in [5.41, 5.74) is 3.44. The molecular weight excluding hydrogens is 392 g/mol. The largest absolute Gasteiger partial charge is 0.497 e. The molecule has 0 saturated carbocycles. The molecule has 4 nitrogen and oxygen atoms in total. The molecule has 2 aliphatic rings. The van der Waals surface area contributed by atoms with Gasteiger partial charge in [-0.05, 0) is 53.9 Å². The molecule has 2 atom stereocenters. The fourth-order valence-corrected chi connectivity index (χ4v) is 4.03. The van der Waals surface area contributed by atoms with Gasteiger partial charge in [0.05, 0.1) is 18.9 Å². The van der Waals surface area contributed by atoms with Crippen LogP contribution in [0.3, 0.4) is 0 Å². The van der Waals surface area contributed by atoms with E-state index in [1.165, 1.54) is 5.56 Å². The molecule has 2 heterocycles. The second-order valence-corrected chi connectivity index (χ2v) is 8.18. The Kier molecular flexibility index (Phi) is 4.65. The number of nitrogens with zero attached hydrogens (tertiary/aromatic N) is 2. The number of hydrogen-bond donors (Lipinski definition) is 0. The van der Waals surface area contributed by atoms with Gasteiger partial charge in [-0.2, -0.15) is 5.10 Å². The summed E-state index contributed by atoms with van der Waals surface area (Å²) in [6.45, 7) is 4.44. The van der Waals surface area contributed by atoms with E-state index >= 15 is 0 Å². The highest BCUT2D eigenvalue weighted by Crippen LogP contribution is 2.45. The molecule has 0 aromatic heterocycles. The van der Waals surface area contributed by atoms with Crippen LogP contribution in [0.4, 0.5) is 0 Å². The first-order valence-corrected chi connectivity index (χ1v) is 9.81. The highest BCUT2D eigenvalue weighted by Gasteiger charge is 2.40. The van der Waals surface area contributed by atoms with E-state index < -0.39 is 0 Å². The van der Waals surface area contributed by atoms with E-state index in [9.17, 15) is 0 Å². The molecule has 26 heavy (non-hydrogen) atoms. The maximum Gasteiger partial charge on any atom is 0.188 e. The highest BCUT2D eigenvalue weighted by atomic mass is 79.9. The van der Waals surface area contributed by atoms with Gasteiger partial charge in [-0.1, -0.05) is 29.8 Å². The minimum atomic E-state index is -0.0237. The molecule has 2 aliphatic heterocycles. The lowest BCUT2D eigenvalue weighted by atomic mass is 9.95. The number of ether oxygens (including phenoxy) is 2. The Morgan fingerprint density at radius 3 is 2.69 bits per heavy atom. The van der Waals surface area contributed by atoms with Crippen LogP contribution < -0.4 is 9.47 Å². The summed E-state index contributed by atoms with van der Waals surface area (Å²) in [6, 6.07) is 14.6. The fraction of sp³-hybridized carbons (Fsp3) is 0.381. The lowest BCUT2D eigenvalue weighted by Crippen LogP contribution is -2.41. The van der Waals surface area contributed by atoms with Crippen molar-refractivity contribution in [3.05, 3.63) is 58.1 Å². The Bertz CT molecular complexity index is 832. The van der Waals surface area contributed by atoms with Crippen molar-refractivity contribution >= 4 is 21.6 Å². The van der Waals surface area contributed by atoms with Crippen LogP contribution in [0.15, 0.2) is 52.0 Å². The van der Waals surface area contributed by atoms with E-state index in [-0.39, 0.29) is 12.3 Å². The van der Waals surface area contributed by atoms with E-state index in [2.05, 4.69) is 59.1 Å². The van der Waals surface area contributed by atoms with E-state index in [1.807, 2.05) is 18.2 Å². The summed E-state index contributed by atoms with van der Waals surface area (Å²) < 4.78 is 12.7. The quantitative estimate of drug-likeness (QED) is 0.673. The Morgan fingerprint density at radius 1 is 1.23 bits per heavy atom. The van der Waals surface area contributed by atoms with E-state index in [1.54, 1.807) is 7.11 Å². The van der Waals surface area contributed by atoms with Crippen molar-refractivity contribution in [1.29, 1.82) is 0 Å². The van der Waals surface area contributed by atoms with E-state index in [0.29, 0.717) is 5.92 Å². The Balaban J connectivity index is 1.70. The lowest BCUT2D eigenvalue weighted by Gasteiger charge is -2.38. The van der Waals surface area contributed by atoms with Gasteiger partial charge in [0.15, 0.2) is 6.23 Å². The monoisotopic (exact) mass is 414 g/mol. The van der Waals surface area contributed by atoms with Gasteiger partial charge in [0.2, 0.25) is 0 Å². The number of hydrazone groups is 1. The molecule has 2 unspecified atom stereocenters. The minimum absolute atomic E-state index is 0.0237. The average molecular weight is 415 g/mol. The zero-order valence-electron chi connectivity index (χ0n) is 15.3. The molecule has 0 amide bonds. The maximum atomic E-state index is 6.31. The van der Waals surface area contributed by atoms with Gasteiger partial charge in [0.25, 0.3) is 0 Å². The molecule has 0 fully saturated rings. The van der Waals surface area contributed by atoms with Crippen LogP contribution in [0.1, 0.15) is 43.9 Å². The van der Waals surface area contributed by atoms with Crippen molar-refractivity contribution in [2.45, 2.75) is 39.0 Å². The first kappa shape index (κ1) is 17.4. The third-order valence-electron chi connectivity index (χ3n) is 4.93. The molecule has 5 heteroatoms. The summed E-state index contributed by atoms with van der Waals surface area (Å²) in [4.78, 5) is 0. The topological polar surface area (TPSA) is 34.1 Å². The zero-order valence-corrected chi connectivity index (χ0v) is 16.9. The van der Waals surface area contributed by atoms with Gasteiger partial charge < -0.3 is 9.47 Å². The molecule has 0 bridgehead atoms. The van der Waals surface area contributed by atoms with Gasteiger partial charge in [0.1, 0.15) is 11.5 Å². The lowest BCUT2D eigenvalue weighted by molar-refractivity contribution is -0.0291. The number of fused-ring (bicyclic) bond motifs is 3. The van der Waals surface area contributed by atoms with Gasteiger partial charge in [0, 0.05) is 22.9 Å². The van der Waals surface area contributed by atoms with Crippen LogP contribution in [0, 0.1) is 5.92 Å². The summed E-state index contributed by atoms with van der Waals surface area (Å²) >= 11 is 3.59. The SMILES string of the molecule is COc1ccc(C2=NN3C(CC(C)C)Oc4ccc(Br)cc4C3C2)cc1. The molecule has 2 aromatic rings. The van der Waals surface area contributed by atoms with E-state index in [0.717, 1.165) is 40.1 Å². The molecule has 136 valence electrons. The van der Waals surface area contributed by atoms with Crippen LogP contribution in [-0.4, -0.2) is 24.1 Å². The van der Waals surface area contributed by atoms with Crippen molar-refractivity contribution in [2.75, 3.05) is 7.11 Å². The van der Waals surface area contributed by atoms with Crippen LogP contribution in [0.5, 0.6) is 11.5 Å².